The summed E-state index contributed by atoms with van der Waals surface area (Å²) in [5.41, 5.74) is 0.262. The van der Waals surface area contributed by atoms with Gasteiger partial charge in [0.05, 0.1) is 0 Å². The van der Waals surface area contributed by atoms with Gasteiger partial charge in [0.2, 0.25) is 5.78 Å². The van der Waals surface area contributed by atoms with Crippen molar-refractivity contribution in [3.63, 3.8) is 0 Å². The Morgan fingerprint density at radius 2 is 1.81 bits per heavy atom. The first-order valence-corrected chi connectivity index (χ1v) is 8.18. The molecule has 0 aliphatic heterocycles. The molecular weight excluding hydrogens is 430 g/mol. The fourth-order valence-electron chi connectivity index (χ4n) is 0.938. The standard InChI is InChI=1S/C9H7BrClIO3S/c1-16(14,15)9(11,12)8(13)6-2-4-7(10)5-3-6/h2-5H,1H3/t9-/m0/s1. The minimum Gasteiger partial charge on any atom is -0.290 e. The number of hydrogen-bond acceptors (Lipinski definition) is 3. The zero-order chi connectivity index (χ0) is 12.6. The number of hydrogen-bond donors (Lipinski definition) is 0. The Balaban J connectivity index is 3.18. The Morgan fingerprint density at radius 1 is 1.38 bits per heavy atom. The fraction of sp³-hybridized carbons (Fsp3) is 0.222. The van der Waals surface area contributed by atoms with Gasteiger partial charge in [-0.15, -0.1) is 0 Å². The van der Waals surface area contributed by atoms with Crippen molar-refractivity contribution in [2.75, 3.05) is 6.26 Å². The molecule has 1 rings (SSSR count). The molecule has 0 amide bonds. The second-order valence-corrected chi connectivity index (χ2v) is 9.98. The zero-order valence-electron chi connectivity index (χ0n) is 8.08. The number of carbonyl (C=O) groups excluding carboxylic acids is 1. The normalized spacial score (nSPS) is 15.5. The molecule has 0 bridgehead atoms. The molecule has 1 atom stereocenters. The van der Waals surface area contributed by atoms with Gasteiger partial charge in [-0.05, 0) is 34.7 Å². The van der Waals surface area contributed by atoms with Crippen molar-refractivity contribution in [3.8, 4) is 0 Å². The number of benzene rings is 1. The van der Waals surface area contributed by atoms with Gasteiger partial charge in [0, 0.05) is 16.3 Å². The van der Waals surface area contributed by atoms with E-state index in [1.54, 1.807) is 12.1 Å². The maximum atomic E-state index is 11.9. The van der Waals surface area contributed by atoms with E-state index in [-0.39, 0.29) is 5.56 Å². The van der Waals surface area contributed by atoms with Crippen LogP contribution in [0.5, 0.6) is 0 Å². The van der Waals surface area contributed by atoms with Crippen LogP contribution in [-0.4, -0.2) is 22.7 Å². The van der Waals surface area contributed by atoms with Crippen LogP contribution in [0.3, 0.4) is 0 Å². The monoisotopic (exact) mass is 436 g/mol. The molecular formula is C9H7BrClIO3S. The van der Waals surface area contributed by atoms with Crippen LogP contribution in [0.25, 0.3) is 0 Å². The molecule has 0 radical (unpaired) electrons. The summed E-state index contributed by atoms with van der Waals surface area (Å²) in [5, 5.41) is 0. The zero-order valence-corrected chi connectivity index (χ0v) is 13.4. The first-order chi connectivity index (χ1) is 7.16. The van der Waals surface area contributed by atoms with E-state index >= 15 is 0 Å². The van der Waals surface area contributed by atoms with Crippen LogP contribution in [0.2, 0.25) is 0 Å². The van der Waals surface area contributed by atoms with Crippen LogP contribution in [0, 0.1) is 0 Å². The molecule has 0 heterocycles. The molecule has 3 nitrogen and oxygen atoms in total. The lowest BCUT2D eigenvalue weighted by Gasteiger charge is -2.16. The van der Waals surface area contributed by atoms with Crippen LogP contribution >= 0.6 is 50.1 Å². The Bertz CT molecular complexity index is 510. The molecule has 16 heavy (non-hydrogen) atoms. The largest absolute Gasteiger partial charge is 0.290 e. The number of sulfone groups is 1. The lowest BCUT2D eigenvalue weighted by Crippen LogP contribution is -2.34. The number of alkyl halides is 2. The molecule has 0 fully saturated rings. The molecule has 0 spiro atoms. The molecule has 1 aromatic rings. The molecule has 0 N–H and O–H groups in total. The molecule has 7 heteroatoms. The van der Waals surface area contributed by atoms with Gasteiger partial charge < -0.3 is 0 Å². The molecule has 0 aliphatic carbocycles. The van der Waals surface area contributed by atoms with Gasteiger partial charge in [0.15, 0.2) is 9.84 Å². The van der Waals surface area contributed by atoms with Crippen LogP contribution in [-0.2, 0) is 9.84 Å². The third-order valence-electron chi connectivity index (χ3n) is 1.84. The maximum Gasteiger partial charge on any atom is 0.257 e. The summed E-state index contributed by atoms with van der Waals surface area (Å²) in [4.78, 5) is 11.9. The van der Waals surface area contributed by atoms with E-state index in [2.05, 4.69) is 15.9 Å². The Morgan fingerprint density at radius 3 is 2.19 bits per heavy atom. The summed E-state index contributed by atoms with van der Waals surface area (Å²) < 4.78 is 21.6. The first-order valence-electron chi connectivity index (χ1n) is 4.04. The smallest absolute Gasteiger partial charge is 0.257 e. The summed E-state index contributed by atoms with van der Waals surface area (Å²) in [6.07, 6.45) is 0.934. The van der Waals surface area contributed by atoms with Crippen LogP contribution < -0.4 is 0 Å². The van der Waals surface area contributed by atoms with Crippen molar-refractivity contribution in [2.24, 2.45) is 0 Å². The fourth-order valence-corrected chi connectivity index (χ4v) is 2.08. The van der Waals surface area contributed by atoms with Crippen molar-refractivity contribution >= 4 is 65.7 Å². The molecule has 1 aromatic carbocycles. The van der Waals surface area contributed by atoms with Gasteiger partial charge in [-0.2, -0.15) is 0 Å². The second kappa shape index (κ2) is 4.91. The third-order valence-corrected chi connectivity index (χ3v) is 7.38. The first kappa shape index (κ1) is 14.4. The molecule has 0 aromatic heterocycles. The highest BCUT2D eigenvalue weighted by Gasteiger charge is 2.43. The topological polar surface area (TPSA) is 51.2 Å². The summed E-state index contributed by atoms with van der Waals surface area (Å²) in [6, 6.07) is 6.35. The number of halogens is 3. The second-order valence-electron chi connectivity index (χ2n) is 3.12. The average Bonchev–Trinajstić information content (AvgIpc) is 2.16. The molecule has 0 unspecified atom stereocenters. The van der Waals surface area contributed by atoms with Crippen LogP contribution in [0.15, 0.2) is 28.7 Å². The number of ketones is 1. The van der Waals surface area contributed by atoms with E-state index < -0.39 is 17.8 Å². The Hall–Kier alpha value is 0.340. The summed E-state index contributed by atoms with van der Waals surface area (Å²) in [6.45, 7) is 0. The lowest BCUT2D eigenvalue weighted by atomic mass is 10.1. The summed E-state index contributed by atoms with van der Waals surface area (Å²) in [5.74, 6) is -0.634. The van der Waals surface area contributed by atoms with E-state index in [0.29, 0.717) is 0 Å². The highest BCUT2D eigenvalue weighted by atomic mass is 127. The van der Waals surface area contributed by atoms with Gasteiger partial charge >= 0.3 is 0 Å². The SMILES string of the molecule is CS(=O)(=O)[C@@](Cl)(I)C(=O)c1ccc(Br)cc1. The maximum absolute atomic E-state index is 11.9. The number of carbonyl (C=O) groups is 1. The Kier molecular flexibility index (Phi) is 4.42. The van der Waals surface area contributed by atoms with E-state index in [0.717, 1.165) is 10.7 Å². The lowest BCUT2D eigenvalue weighted by molar-refractivity contribution is 0.100. The van der Waals surface area contributed by atoms with Gasteiger partial charge in [0.25, 0.3) is 2.21 Å². The van der Waals surface area contributed by atoms with Crippen LogP contribution in [0.1, 0.15) is 10.4 Å². The molecule has 0 saturated heterocycles. The van der Waals surface area contributed by atoms with Gasteiger partial charge in [-0.25, -0.2) is 8.42 Å². The minimum absolute atomic E-state index is 0.262. The molecule has 0 aliphatic rings. The van der Waals surface area contributed by atoms with Crippen molar-refractivity contribution < 1.29 is 13.2 Å². The van der Waals surface area contributed by atoms with Gasteiger partial charge in [0.1, 0.15) is 0 Å². The van der Waals surface area contributed by atoms with E-state index in [1.165, 1.54) is 34.7 Å². The van der Waals surface area contributed by atoms with Crippen molar-refractivity contribution in [1.82, 2.24) is 0 Å². The molecule has 0 saturated carbocycles. The highest BCUT2D eigenvalue weighted by molar-refractivity contribution is 14.1. The predicted molar refractivity (Wildman–Crippen MR) is 75.9 cm³/mol. The highest BCUT2D eigenvalue weighted by Crippen LogP contribution is 2.34. The third kappa shape index (κ3) is 2.96. The van der Waals surface area contributed by atoms with Crippen molar-refractivity contribution in [2.45, 2.75) is 2.21 Å². The van der Waals surface area contributed by atoms with Crippen molar-refractivity contribution in [1.29, 1.82) is 0 Å². The van der Waals surface area contributed by atoms with E-state index in [9.17, 15) is 13.2 Å². The molecule has 88 valence electrons. The quantitative estimate of drug-likeness (QED) is 0.415. The van der Waals surface area contributed by atoms with E-state index in [1.807, 2.05) is 0 Å². The van der Waals surface area contributed by atoms with Crippen molar-refractivity contribution in [3.05, 3.63) is 34.3 Å². The summed E-state index contributed by atoms with van der Waals surface area (Å²) in [7, 11) is -3.67. The minimum atomic E-state index is -3.67. The van der Waals surface area contributed by atoms with E-state index in [4.69, 9.17) is 11.6 Å². The number of rotatable bonds is 3. The van der Waals surface area contributed by atoms with Crippen LogP contribution in [0.4, 0.5) is 0 Å². The van der Waals surface area contributed by atoms with Gasteiger partial charge in [-0.3, -0.25) is 4.79 Å². The predicted octanol–water partition coefficient (Wildman–Crippen LogP) is 3.00. The number of Topliss-reactive ketones (excluding diaryl/α,β-unsaturated/α-hetero) is 1. The summed E-state index contributed by atoms with van der Waals surface area (Å²) >= 11 is 10.4. The van der Waals surface area contributed by atoms with Gasteiger partial charge in [-0.1, -0.05) is 39.7 Å². The average molecular weight is 437 g/mol. The Labute approximate surface area is 121 Å².